The second kappa shape index (κ2) is 7.67. The lowest BCUT2D eigenvalue weighted by molar-refractivity contribution is -0.123. The van der Waals surface area contributed by atoms with Crippen LogP contribution in [0, 0.1) is 0 Å². The van der Waals surface area contributed by atoms with E-state index in [1.807, 2.05) is 60.4 Å². The van der Waals surface area contributed by atoms with Gasteiger partial charge in [0.15, 0.2) is 18.1 Å². The minimum atomic E-state index is -0.248. The second-order valence-corrected chi connectivity index (χ2v) is 8.21. The molecule has 28 heavy (non-hydrogen) atoms. The Morgan fingerprint density at radius 3 is 3.04 bits per heavy atom. The number of para-hydroxylation sites is 1. The number of carbonyl (C=O) groups excluding carboxylic acids is 1. The van der Waals surface area contributed by atoms with Gasteiger partial charge in [0.25, 0.3) is 5.91 Å². The molecular formula is C21H23N3O3S. The van der Waals surface area contributed by atoms with Crippen LogP contribution >= 0.6 is 11.3 Å². The SMILES string of the molecule is CC1(C)Cc2cccc(OCC(=O)NC[C@H](c3ccsc3)n3cccn3)c2O1. The predicted molar refractivity (Wildman–Crippen MR) is 108 cm³/mol. The molecule has 3 aromatic rings. The van der Waals surface area contributed by atoms with Crippen LogP contribution in [-0.2, 0) is 11.2 Å². The van der Waals surface area contributed by atoms with Crippen LogP contribution in [0.5, 0.6) is 11.5 Å². The number of ether oxygens (including phenoxy) is 2. The summed E-state index contributed by atoms with van der Waals surface area (Å²) in [6.07, 6.45) is 4.47. The number of benzene rings is 1. The van der Waals surface area contributed by atoms with E-state index < -0.39 is 0 Å². The average Bonchev–Trinajstić information content (AvgIpc) is 3.40. The topological polar surface area (TPSA) is 65.4 Å². The molecule has 2 aromatic heterocycles. The van der Waals surface area contributed by atoms with Gasteiger partial charge in [0.1, 0.15) is 5.60 Å². The monoisotopic (exact) mass is 397 g/mol. The van der Waals surface area contributed by atoms with Crippen LogP contribution in [0.2, 0.25) is 0 Å². The van der Waals surface area contributed by atoms with E-state index in [2.05, 4.69) is 15.8 Å². The average molecular weight is 398 g/mol. The first-order valence-electron chi connectivity index (χ1n) is 9.23. The van der Waals surface area contributed by atoms with Crippen molar-refractivity contribution in [2.45, 2.75) is 31.9 Å². The molecular weight excluding hydrogens is 374 g/mol. The van der Waals surface area contributed by atoms with Crippen molar-refractivity contribution in [1.82, 2.24) is 15.1 Å². The number of nitrogens with one attached hydrogen (secondary N) is 1. The maximum absolute atomic E-state index is 12.4. The smallest absolute Gasteiger partial charge is 0.258 e. The summed E-state index contributed by atoms with van der Waals surface area (Å²) in [6.45, 7) is 4.47. The van der Waals surface area contributed by atoms with Crippen molar-refractivity contribution in [2.24, 2.45) is 0 Å². The van der Waals surface area contributed by atoms with Crippen LogP contribution in [0.25, 0.3) is 0 Å². The highest BCUT2D eigenvalue weighted by molar-refractivity contribution is 7.07. The highest BCUT2D eigenvalue weighted by atomic mass is 32.1. The van der Waals surface area contributed by atoms with Crippen LogP contribution in [0.3, 0.4) is 0 Å². The lowest BCUT2D eigenvalue weighted by atomic mass is 10.0. The number of thiophene rings is 1. The van der Waals surface area contributed by atoms with E-state index in [9.17, 15) is 4.79 Å². The zero-order valence-electron chi connectivity index (χ0n) is 15.9. The molecule has 0 aliphatic carbocycles. The summed E-state index contributed by atoms with van der Waals surface area (Å²) in [4.78, 5) is 12.4. The van der Waals surface area contributed by atoms with E-state index in [4.69, 9.17) is 9.47 Å². The number of fused-ring (bicyclic) bond motifs is 1. The Balaban J connectivity index is 1.36. The minimum Gasteiger partial charge on any atom is -0.483 e. The summed E-state index contributed by atoms with van der Waals surface area (Å²) < 4.78 is 13.6. The van der Waals surface area contributed by atoms with Crippen LogP contribution in [0.15, 0.2) is 53.5 Å². The molecule has 4 rings (SSSR count). The molecule has 146 valence electrons. The molecule has 1 atom stereocenters. The number of hydrogen-bond acceptors (Lipinski definition) is 5. The molecule has 0 unspecified atom stereocenters. The van der Waals surface area contributed by atoms with Crippen LogP contribution in [0.1, 0.15) is 31.0 Å². The molecule has 0 bridgehead atoms. The summed E-state index contributed by atoms with van der Waals surface area (Å²) in [5.41, 5.74) is 1.98. The summed E-state index contributed by atoms with van der Waals surface area (Å²) in [5, 5.41) is 11.4. The highest BCUT2D eigenvalue weighted by Crippen LogP contribution is 2.41. The standard InChI is InChI=1S/C21H23N3O3S/c1-21(2)11-15-5-3-6-18(20(15)27-21)26-13-19(25)22-12-17(16-7-10-28-14-16)24-9-4-8-23-24/h3-10,14,17H,11-13H2,1-2H3,(H,22,25)/t17-/m1/s1. The van der Waals surface area contributed by atoms with E-state index in [-0.39, 0.29) is 24.2 Å². The van der Waals surface area contributed by atoms with Crippen molar-refractivity contribution in [3.63, 3.8) is 0 Å². The Bertz CT molecular complexity index is 902. The summed E-state index contributed by atoms with van der Waals surface area (Å²) in [6, 6.07) is 9.68. The molecule has 1 aliphatic heterocycles. The summed E-state index contributed by atoms with van der Waals surface area (Å²) in [5.74, 6) is 1.18. The molecule has 3 heterocycles. The Morgan fingerprint density at radius 2 is 2.29 bits per heavy atom. The van der Waals surface area contributed by atoms with Crippen molar-refractivity contribution in [1.29, 1.82) is 0 Å². The van der Waals surface area contributed by atoms with E-state index in [1.165, 1.54) is 0 Å². The molecule has 1 N–H and O–H groups in total. The van der Waals surface area contributed by atoms with E-state index in [0.717, 1.165) is 23.3 Å². The van der Waals surface area contributed by atoms with Gasteiger partial charge < -0.3 is 14.8 Å². The normalized spacial score (nSPS) is 15.5. The van der Waals surface area contributed by atoms with Gasteiger partial charge in [-0.05, 0) is 48.4 Å². The number of nitrogens with zero attached hydrogens (tertiary/aromatic N) is 2. The second-order valence-electron chi connectivity index (χ2n) is 7.43. The van der Waals surface area contributed by atoms with Crippen molar-refractivity contribution in [3.8, 4) is 11.5 Å². The first-order valence-corrected chi connectivity index (χ1v) is 10.2. The maximum Gasteiger partial charge on any atom is 0.258 e. The quantitative estimate of drug-likeness (QED) is 0.663. The van der Waals surface area contributed by atoms with Gasteiger partial charge in [0, 0.05) is 30.9 Å². The fourth-order valence-electron chi connectivity index (χ4n) is 3.40. The molecule has 0 spiro atoms. The van der Waals surface area contributed by atoms with Gasteiger partial charge in [-0.3, -0.25) is 9.48 Å². The fraction of sp³-hybridized carbons (Fsp3) is 0.333. The van der Waals surface area contributed by atoms with E-state index >= 15 is 0 Å². The Labute approximate surface area is 168 Å². The number of aromatic nitrogens is 2. The Kier molecular flexibility index (Phi) is 5.09. The van der Waals surface area contributed by atoms with Gasteiger partial charge in [-0.15, -0.1) is 0 Å². The molecule has 7 heteroatoms. The van der Waals surface area contributed by atoms with Gasteiger partial charge in [-0.1, -0.05) is 12.1 Å². The molecule has 1 aromatic carbocycles. The highest BCUT2D eigenvalue weighted by Gasteiger charge is 2.32. The van der Waals surface area contributed by atoms with Crippen molar-refractivity contribution < 1.29 is 14.3 Å². The number of carbonyl (C=O) groups is 1. The molecule has 1 amide bonds. The van der Waals surface area contributed by atoms with Gasteiger partial charge in [0.05, 0.1) is 6.04 Å². The fourth-order valence-corrected chi connectivity index (χ4v) is 4.11. The van der Waals surface area contributed by atoms with Crippen molar-refractivity contribution >= 4 is 17.2 Å². The maximum atomic E-state index is 12.4. The van der Waals surface area contributed by atoms with Crippen LogP contribution in [0.4, 0.5) is 0 Å². The summed E-state index contributed by atoms with van der Waals surface area (Å²) in [7, 11) is 0. The molecule has 0 saturated carbocycles. The van der Waals surface area contributed by atoms with Crippen molar-refractivity contribution in [2.75, 3.05) is 13.2 Å². The molecule has 0 fully saturated rings. The third-order valence-electron chi connectivity index (χ3n) is 4.68. The molecule has 0 radical (unpaired) electrons. The van der Waals surface area contributed by atoms with Gasteiger partial charge in [0.2, 0.25) is 0 Å². The third-order valence-corrected chi connectivity index (χ3v) is 5.38. The first-order chi connectivity index (χ1) is 13.5. The van der Waals surface area contributed by atoms with Crippen molar-refractivity contribution in [3.05, 3.63) is 64.6 Å². The third kappa shape index (κ3) is 4.04. The van der Waals surface area contributed by atoms with Gasteiger partial charge in [-0.2, -0.15) is 16.4 Å². The summed E-state index contributed by atoms with van der Waals surface area (Å²) >= 11 is 1.63. The van der Waals surface area contributed by atoms with Gasteiger partial charge >= 0.3 is 0 Å². The van der Waals surface area contributed by atoms with E-state index in [1.54, 1.807) is 17.5 Å². The van der Waals surface area contributed by atoms with Crippen LogP contribution < -0.4 is 14.8 Å². The number of hydrogen-bond donors (Lipinski definition) is 1. The predicted octanol–water partition coefficient (Wildman–Crippen LogP) is 3.44. The number of rotatable bonds is 7. The van der Waals surface area contributed by atoms with Gasteiger partial charge in [-0.25, -0.2) is 0 Å². The number of amides is 1. The molecule has 0 saturated heterocycles. The minimum absolute atomic E-state index is 0.0460. The lowest BCUT2D eigenvalue weighted by Crippen LogP contribution is -2.34. The largest absolute Gasteiger partial charge is 0.483 e. The molecule has 6 nitrogen and oxygen atoms in total. The first kappa shape index (κ1) is 18.6. The Hall–Kier alpha value is -2.80. The van der Waals surface area contributed by atoms with Crippen LogP contribution in [-0.4, -0.2) is 34.4 Å². The lowest BCUT2D eigenvalue weighted by Gasteiger charge is -2.19. The zero-order valence-corrected chi connectivity index (χ0v) is 16.7. The molecule has 1 aliphatic rings. The van der Waals surface area contributed by atoms with E-state index in [0.29, 0.717) is 12.3 Å². The zero-order chi connectivity index (χ0) is 19.6. The Morgan fingerprint density at radius 1 is 1.39 bits per heavy atom.